The lowest BCUT2D eigenvalue weighted by Gasteiger charge is -2.12. The molecule has 0 saturated heterocycles. The number of hydrogen-bond donors (Lipinski definition) is 3. The zero-order valence-electron chi connectivity index (χ0n) is 8.31. The van der Waals surface area contributed by atoms with Crippen LogP contribution in [0.15, 0.2) is 23.0 Å². The van der Waals surface area contributed by atoms with Gasteiger partial charge in [0.2, 0.25) is 0 Å². The second-order valence-electron chi connectivity index (χ2n) is 3.13. The maximum Gasteiger partial charge on any atom is 0.0711 e. The molecule has 0 heterocycles. The smallest absolute Gasteiger partial charge is 0.0711 e. The van der Waals surface area contributed by atoms with Gasteiger partial charge in [-0.3, -0.25) is 0 Å². The Morgan fingerprint density at radius 2 is 1.83 bits per heavy atom. The first kappa shape index (κ1) is 11.0. The molecule has 0 bridgehead atoms. The molecular weight excluding hydrogens is 150 g/mol. The summed E-state index contributed by atoms with van der Waals surface area (Å²) in [5, 5.41) is 3.11. The van der Waals surface area contributed by atoms with E-state index in [9.17, 15) is 0 Å². The molecule has 0 spiro atoms. The predicted octanol–water partition coefficient (Wildman–Crippen LogP) is 1.04. The Hall–Kier alpha value is -0.960. The first-order valence-corrected chi connectivity index (χ1v) is 4.07. The van der Waals surface area contributed by atoms with Gasteiger partial charge in [-0.25, -0.2) is 0 Å². The van der Waals surface area contributed by atoms with E-state index >= 15 is 0 Å². The Labute approximate surface area is 74.5 Å². The Bertz CT molecular complexity index is 198. The summed E-state index contributed by atoms with van der Waals surface area (Å²) in [6.45, 7) is 7.75. The number of nitrogens with two attached hydrogens (primary N) is 2. The van der Waals surface area contributed by atoms with Gasteiger partial charge in [0, 0.05) is 11.4 Å². The van der Waals surface area contributed by atoms with Crippen molar-refractivity contribution in [3.63, 3.8) is 0 Å². The Morgan fingerprint density at radius 1 is 1.33 bits per heavy atom. The molecule has 0 aliphatic heterocycles. The summed E-state index contributed by atoms with van der Waals surface area (Å²) in [5.74, 6) is 0. The van der Waals surface area contributed by atoms with Crippen LogP contribution in [0, 0.1) is 0 Å². The predicted molar refractivity (Wildman–Crippen MR) is 53.1 cm³/mol. The average molecular weight is 169 g/mol. The average Bonchev–Trinajstić information content (AvgIpc) is 1.84. The normalized spacial score (nSPS) is 16.9. The number of allylic oxidation sites excluding steroid dienone is 4. The van der Waals surface area contributed by atoms with Crippen molar-refractivity contribution >= 4 is 0 Å². The zero-order valence-corrected chi connectivity index (χ0v) is 8.31. The van der Waals surface area contributed by atoms with Gasteiger partial charge in [0.1, 0.15) is 0 Å². The molecule has 0 fully saturated rings. The van der Waals surface area contributed by atoms with Gasteiger partial charge in [-0.05, 0) is 39.3 Å². The van der Waals surface area contributed by atoms with E-state index in [-0.39, 0.29) is 6.17 Å². The lowest BCUT2D eigenvalue weighted by molar-refractivity contribution is 0.637. The molecule has 0 radical (unpaired) electrons. The Kier molecular flexibility index (Phi) is 4.44. The Morgan fingerprint density at radius 3 is 2.17 bits per heavy atom. The highest BCUT2D eigenvalue weighted by Crippen LogP contribution is 2.03. The van der Waals surface area contributed by atoms with Crippen LogP contribution in [0.5, 0.6) is 0 Å². The summed E-state index contributed by atoms with van der Waals surface area (Å²) >= 11 is 0. The van der Waals surface area contributed by atoms with Crippen molar-refractivity contribution in [2.45, 2.75) is 33.9 Å². The van der Waals surface area contributed by atoms with Gasteiger partial charge < -0.3 is 16.8 Å². The molecule has 0 aromatic carbocycles. The van der Waals surface area contributed by atoms with Crippen molar-refractivity contribution in [2.75, 3.05) is 0 Å². The van der Waals surface area contributed by atoms with Crippen LogP contribution in [-0.2, 0) is 0 Å². The molecule has 5 N–H and O–H groups in total. The number of nitrogens with one attached hydrogen (secondary N) is 1. The maximum absolute atomic E-state index is 5.56. The Balaban J connectivity index is 4.37. The van der Waals surface area contributed by atoms with E-state index in [1.165, 1.54) is 0 Å². The van der Waals surface area contributed by atoms with E-state index in [1.807, 2.05) is 33.8 Å². The van der Waals surface area contributed by atoms with Crippen LogP contribution in [0.4, 0.5) is 0 Å². The largest absolute Gasteiger partial charge is 0.402 e. The first-order chi connectivity index (χ1) is 5.43. The lowest BCUT2D eigenvalue weighted by atomic mass is 10.2. The highest BCUT2D eigenvalue weighted by atomic mass is 15.0. The molecule has 0 aliphatic carbocycles. The summed E-state index contributed by atoms with van der Waals surface area (Å²) in [5.41, 5.74) is 14.1. The zero-order chi connectivity index (χ0) is 9.72. The van der Waals surface area contributed by atoms with Crippen LogP contribution in [-0.4, -0.2) is 6.17 Å². The standard InChI is InChI=1S/C9H19N3/c1-6(5-7(2)10)8(3)12-9(4)11/h5,9,12H,10-11H2,1-4H3/b7-5-,8-6-. The molecule has 70 valence electrons. The van der Waals surface area contributed by atoms with Crippen molar-refractivity contribution < 1.29 is 0 Å². The van der Waals surface area contributed by atoms with Gasteiger partial charge in [0.25, 0.3) is 0 Å². The van der Waals surface area contributed by atoms with E-state index in [2.05, 4.69) is 5.32 Å². The summed E-state index contributed by atoms with van der Waals surface area (Å²) in [7, 11) is 0. The molecule has 0 amide bonds. The molecular formula is C9H19N3. The molecule has 0 aromatic heterocycles. The third-order valence-corrected chi connectivity index (χ3v) is 1.48. The molecule has 3 heteroatoms. The maximum atomic E-state index is 5.56. The highest BCUT2D eigenvalue weighted by molar-refractivity contribution is 5.23. The second-order valence-corrected chi connectivity index (χ2v) is 3.13. The van der Waals surface area contributed by atoms with E-state index in [0.29, 0.717) is 0 Å². The minimum Gasteiger partial charge on any atom is -0.402 e. The van der Waals surface area contributed by atoms with Crippen molar-refractivity contribution in [1.82, 2.24) is 5.32 Å². The third-order valence-electron chi connectivity index (χ3n) is 1.48. The molecule has 0 aromatic rings. The summed E-state index contributed by atoms with van der Waals surface area (Å²) in [4.78, 5) is 0. The van der Waals surface area contributed by atoms with E-state index in [1.54, 1.807) is 0 Å². The van der Waals surface area contributed by atoms with Crippen LogP contribution in [0.1, 0.15) is 27.7 Å². The fraction of sp³-hybridized carbons (Fsp3) is 0.556. The van der Waals surface area contributed by atoms with Crippen LogP contribution in [0.2, 0.25) is 0 Å². The first-order valence-electron chi connectivity index (χ1n) is 4.07. The van der Waals surface area contributed by atoms with E-state index < -0.39 is 0 Å². The molecule has 1 unspecified atom stereocenters. The van der Waals surface area contributed by atoms with Gasteiger partial charge in [-0.15, -0.1) is 0 Å². The van der Waals surface area contributed by atoms with Gasteiger partial charge in [-0.2, -0.15) is 0 Å². The molecule has 0 aliphatic rings. The van der Waals surface area contributed by atoms with Gasteiger partial charge in [-0.1, -0.05) is 0 Å². The topological polar surface area (TPSA) is 64.1 Å². The van der Waals surface area contributed by atoms with Crippen molar-refractivity contribution in [3.05, 3.63) is 23.0 Å². The molecule has 0 saturated carbocycles. The minimum atomic E-state index is -0.0218. The summed E-state index contributed by atoms with van der Waals surface area (Å²) in [6.07, 6.45) is 1.90. The SMILES string of the molecule is C/C(N)=C/C(C)=C(/C)NC(C)N. The third kappa shape index (κ3) is 4.79. The molecule has 1 atom stereocenters. The van der Waals surface area contributed by atoms with Crippen molar-refractivity contribution in [3.8, 4) is 0 Å². The fourth-order valence-corrected chi connectivity index (χ4v) is 0.905. The lowest BCUT2D eigenvalue weighted by Crippen LogP contribution is -2.33. The van der Waals surface area contributed by atoms with Crippen LogP contribution in [0.3, 0.4) is 0 Å². The second kappa shape index (κ2) is 4.83. The van der Waals surface area contributed by atoms with E-state index in [0.717, 1.165) is 17.0 Å². The van der Waals surface area contributed by atoms with E-state index in [4.69, 9.17) is 11.5 Å². The van der Waals surface area contributed by atoms with Crippen LogP contribution < -0.4 is 16.8 Å². The molecule has 0 rings (SSSR count). The monoisotopic (exact) mass is 169 g/mol. The minimum absolute atomic E-state index is 0.0218. The van der Waals surface area contributed by atoms with Crippen LogP contribution in [0.25, 0.3) is 0 Å². The molecule has 12 heavy (non-hydrogen) atoms. The number of hydrogen-bond acceptors (Lipinski definition) is 3. The van der Waals surface area contributed by atoms with Gasteiger partial charge in [0.05, 0.1) is 6.17 Å². The van der Waals surface area contributed by atoms with Crippen molar-refractivity contribution in [2.24, 2.45) is 11.5 Å². The fourth-order valence-electron chi connectivity index (χ4n) is 0.905. The highest BCUT2D eigenvalue weighted by Gasteiger charge is 1.95. The molecule has 3 nitrogen and oxygen atoms in total. The summed E-state index contributed by atoms with van der Waals surface area (Å²) in [6, 6.07) is 0. The quantitative estimate of drug-likeness (QED) is 0.437. The number of rotatable bonds is 3. The van der Waals surface area contributed by atoms with Crippen molar-refractivity contribution in [1.29, 1.82) is 0 Å². The van der Waals surface area contributed by atoms with Gasteiger partial charge >= 0.3 is 0 Å². The summed E-state index contributed by atoms with van der Waals surface area (Å²) < 4.78 is 0. The van der Waals surface area contributed by atoms with Gasteiger partial charge in [0.15, 0.2) is 0 Å². The van der Waals surface area contributed by atoms with Crippen LogP contribution >= 0.6 is 0 Å².